The van der Waals surface area contributed by atoms with Crippen molar-refractivity contribution in [2.75, 3.05) is 17.7 Å². The van der Waals surface area contributed by atoms with Crippen LogP contribution in [0, 0.1) is 25.2 Å². The van der Waals surface area contributed by atoms with Crippen LogP contribution in [0.15, 0.2) is 75.5 Å². The summed E-state index contributed by atoms with van der Waals surface area (Å²) in [7, 11) is 0. The van der Waals surface area contributed by atoms with Gasteiger partial charge < -0.3 is 19.8 Å². The number of benzene rings is 1. The topological polar surface area (TPSA) is 104 Å². The summed E-state index contributed by atoms with van der Waals surface area (Å²) in [6, 6.07) is 11.4. The first-order chi connectivity index (χ1) is 15.9. The fourth-order valence-corrected chi connectivity index (χ4v) is 4.47. The molecule has 2 N–H and O–H groups in total. The van der Waals surface area contributed by atoms with E-state index in [0.29, 0.717) is 16.5 Å². The van der Waals surface area contributed by atoms with Crippen molar-refractivity contribution in [3.8, 4) is 6.07 Å². The predicted octanol–water partition coefficient (Wildman–Crippen LogP) is 4.69. The third kappa shape index (κ3) is 5.38. The van der Waals surface area contributed by atoms with Crippen molar-refractivity contribution in [3.63, 3.8) is 0 Å². The quantitative estimate of drug-likeness (QED) is 0.432. The van der Waals surface area contributed by atoms with Crippen molar-refractivity contribution in [1.29, 1.82) is 5.26 Å². The van der Waals surface area contributed by atoms with Gasteiger partial charge in [-0.2, -0.15) is 5.26 Å². The molecule has 0 saturated carbocycles. The van der Waals surface area contributed by atoms with Crippen molar-refractivity contribution in [1.82, 2.24) is 5.32 Å². The Kier molecular flexibility index (Phi) is 7.80. The summed E-state index contributed by atoms with van der Waals surface area (Å²) in [5, 5.41) is 16.5. The van der Waals surface area contributed by atoms with Gasteiger partial charge in [0.15, 0.2) is 0 Å². The average molecular weight is 464 g/mol. The van der Waals surface area contributed by atoms with Crippen LogP contribution in [-0.4, -0.2) is 24.2 Å². The van der Waals surface area contributed by atoms with Gasteiger partial charge in [-0.15, -0.1) is 0 Å². The fourth-order valence-electron chi connectivity index (χ4n) is 3.57. The van der Waals surface area contributed by atoms with Crippen molar-refractivity contribution in [2.45, 2.75) is 26.7 Å². The maximum absolute atomic E-state index is 12.8. The van der Waals surface area contributed by atoms with Crippen LogP contribution >= 0.6 is 11.8 Å². The number of amides is 1. The monoisotopic (exact) mass is 463 g/mol. The molecule has 0 spiro atoms. The van der Waals surface area contributed by atoms with E-state index in [1.165, 1.54) is 24.1 Å². The normalized spacial score (nSPS) is 15.5. The Morgan fingerprint density at radius 1 is 1.27 bits per heavy atom. The second kappa shape index (κ2) is 10.7. The third-order valence-electron chi connectivity index (χ3n) is 5.12. The molecule has 2 heterocycles. The Hall–Kier alpha value is -3.70. The van der Waals surface area contributed by atoms with E-state index < -0.39 is 11.9 Å². The van der Waals surface area contributed by atoms with Crippen molar-refractivity contribution in [3.05, 3.63) is 88.0 Å². The largest absolute Gasteiger partial charge is 0.468 e. The number of nitrogens with one attached hydrogen (secondary N) is 2. The molecule has 2 aromatic rings. The van der Waals surface area contributed by atoms with Crippen LogP contribution in [0.3, 0.4) is 0 Å². The molecular weight excluding hydrogens is 438 g/mol. The number of ether oxygens (including phenoxy) is 1. The Morgan fingerprint density at radius 3 is 2.61 bits per heavy atom. The van der Waals surface area contributed by atoms with Crippen molar-refractivity contribution >= 4 is 29.3 Å². The lowest BCUT2D eigenvalue weighted by Crippen LogP contribution is -2.29. The molecular formula is C25H25N3O4S. The minimum absolute atomic E-state index is 0.0478. The lowest BCUT2D eigenvalue weighted by molar-refractivity contribution is -0.138. The van der Waals surface area contributed by atoms with Gasteiger partial charge in [0.25, 0.3) is 0 Å². The summed E-state index contributed by atoms with van der Waals surface area (Å²) in [5.41, 5.74) is 3.83. The SMILES string of the molecule is C=CCOC(=O)C1=C(C)NC(SCC(=O)Nc2c(C)cccc2C)=C(C#N)[C@H]1c1ccco1. The zero-order valence-electron chi connectivity index (χ0n) is 18.7. The van der Waals surface area contributed by atoms with Crippen LogP contribution in [0.2, 0.25) is 0 Å². The van der Waals surface area contributed by atoms with Gasteiger partial charge in [0, 0.05) is 11.4 Å². The fraction of sp³-hybridized carbons (Fsp3) is 0.240. The highest BCUT2D eigenvalue weighted by Gasteiger charge is 2.37. The number of rotatable bonds is 8. The summed E-state index contributed by atoms with van der Waals surface area (Å²) in [5.74, 6) is -0.985. The zero-order valence-corrected chi connectivity index (χ0v) is 19.5. The van der Waals surface area contributed by atoms with Gasteiger partial charge in [0.1, 0.15) is 12.4 Å². The van der Waals surface area contributed by atoms with Crippen molar-refractivity contribution < 1.29 is 18.7 Å². The number of aryl methyl sites for hydroxylation is 2. The number of thioether (sulfide) groups is 1. The van der Waals surface area contributed by atoms with Crippen LogP contribution in [0.1, 0.15) is 29.7 Å². The number of hydrogen-bond donors (Lipinski definition) is 2. The number of dihydropyridines is 1. The van der Waals surface area contributed by atoms with E-state index in [1.807, 2.05) is 32.0 Å². The first-order valence-electron chi connectivity index (χ1n) is 10.3. The molecule has 3 rings (SSSR count). The molecule has 33 heavy (non-hydrogen) atoms. The number of nitriles is 1. The van der Waals surface area contributed by atoms with Gasteiger partial charge in [-0.1, -0.05) is 42.6 Å². The van der Waals surface area contributed by atoms with E-state index >= 15 is 0 Å². The van der Waals surface area contributed by atoms with Gasteiger partial charge in [-0.25, -0.2) is 4.79 Å². The van der Waals surface area contributed by atoms with Gasteiger partial charge in [0.05, 0.1) is 40.2 Å². The molecule has 1 aliphatic rings. The molecule has 1 aliphatic heterocycles. The Bertz CT molecular complexity index is 1150. The number of anilines is 1. The molecule has 8 heteroatoms. The molecule has 0 fully saturated rings. The van der Waals surface area contributed by atoms with E-state index in [0.717, 1.165) is 16.8 Å². The minimum Gasteiger partial charge on any atom is -0.468 e. The van der Waals surface area contributed by atoms with Gasteiger partial charge in [-0.3, -0.25) is 4.79 Å². The molecule has 0 unspecified atom stereocenters. The second-order valence-corrected chi connectivity index (χ2v) is 8.44. The number of nitrogens with zero attached hydrogens (tertiary/aromatic N) is 1. The highest BCUT2D eigenvalue weighted by molar-refractivity contribution is 8.03. The summed E-state index contributed by atoms with van der Waals surface area (Å²) in [6.45, 7) is 9.20. The molecule has 7 nitrogen and oxygen atoms in total. The number of furan rings is 1. The number of allylic oxidation sites excluding steroid dienone is 2. The molecule has 1 atom stereocenters. The number of carbonyl (C=O) groups excluding carboxylic acids is 2. The molecule has 1 aromatic carbocycles. The number of carbonyl (C=O) groups is 2. The van der Waals surface area contributed by atoms with Gasteiger partial charge in [0.2, 0.25) is 5.91 Å². The van der Waals surface area contributed by atoms with E-state index in [9.17, 15) is 14.9 Å². The first kappa shape index (κ1) is 24.0. The van der Waals surface area contributed by atoms with E-state index in [2.05, 4.69) is 23.3 Å². The van der Waals surface area contributed by atoms with Crippen molar-refractivity contribution in [2.24, 2.45) is 0 Å². The minimum atomic E-state index is -0.743. The molecule has 170 valence electrons. The van der Waals surface area contributed by atoms with E-state index in [1.54, 1.807) is 19.1 Å². The average Bonchev–Trinajstić information content (AvgIpc) is 3.32. The molecule has 0 bridgehead atoms. The smallest absolute Gasteiger partial charge is 0.337 e. The number of para-hydroxylation sites is 1. The maximum atomic E-state index is 12.8. The molecule has 0 aliphatic carbocycles. The maximum Gasteiger partial charge on any atom is 0.337 e. The van der Waals surface area contributed by atoms with Crippen LogP contribution in [0.4, 0.5) is 5.69 Å². The van der Waals surface area contributed by atoms with Gasteiger partial charge in [-0.05, 0) is 44.0 Å². The summed E-state index contributed by atoms with van der Waals surface area (Å²) >= 11 is 1.20. The summed E-state index contributed by atoms with van der Waals surface area (Å²) < 4.78 is 10.8. The number of hydrogen-bond acceptors (Lipinski definition) is 7. The third-order valence-corrected chi connectivity index (χ3v) is 6.14. The lowest BCUT2D eigenvalue weighted by atomic mass is 9.86. The predicted molar refractivity (Wildman–Crippen MR) is 128 cm³/mol. The zero-order chi connectivity index (χ0) is 24.0. The lowest BCUT2D eigenvalue weighted by Gasteiger charge is -2.27. The highest BCUT2D eigenvalue weighted by Crippen LogP contribution is 2.41. The molecule has 0 radical (unpaired) electrons. The van der Waals surface area contributed by atoms with E-state index in [4.69, 9.17) is 9.15 Å². The summed E-state index contributed by atoms with van der Waals surface area (Å²) in [4.78, 5) is 25.4. The van der Waals surface area contributed by atoms with Crippen LogP contribution in [0.25, 0.3) is 0 Å². The van der Waals surface area contributed by atoms with Crippen LogP contribution in [0.5, 0.6) is 0 Å². The molecule has 1 aromatic heterocycles. The first-order valence-corrected chi connectivity index (χ1v) is 11.3. The standard InChI is InChI=1S/C25H25N3O4S/c1-5-11-32-25(30)21-17(4)27-24(18(13-26)22(21)19-10-7-12-31-19)33-14-20(29)28-23-15(2)8-6-9-16(23)3/h5-10,12,22,27H,1,11,14H2,2-4H3,(H,28,29)/t22-/m0/s1. The Balaban J connectivity index is 1.85. The highest BCUT2D eigenvalue weighted by atomic mass is 32.2. The van der Waals surface area contributed by atoms with E-state index in [-0.39, 0.29) is 29.4 Å². The second-order valence-electron chi connectivity index (χ2n) is 7.46. The summed E-state index contributed by atoms with van der Waals surface area (Å²) in [6.07, 6.45) is 2.96. The van der Waals surface area contributed by atoms with Crippen LogP contribution in [-0.2, 0) is 14.3 Å². The molecule has 1 amide bonds. The Labute approximate surface area is 197 Å². The molecule has 0 saturated heterocycles. The number of esters is 1. The Morgan fingerprint density at radius 2 is 2.00 bits per heavy atom. The van der Waals surface area contributed by atoms with Crippen LogP contribution < -0.4 is 10.6 Å². The van der Waals surface area contributed by atoms with Gasteiger partial charge >= 0.3 is 5.97 Å².